The molecule has 64 valence electrons. The van der Waals surface area contributed by atoms with E-state index in [9.17, 15) is 0 Å². The molecule has 1 heterocycles. The third-order valence-corrected chi connectivity index (χ3v) is 0.875. The maximum Gasteiger partial charge on any atom is 0.0558 e. The third-order valence-electron chi connectivity index (χ3n) is 0.875. The van der Waals surface area contributed by atoms with Crippen molar-refractivity contribution in [2.24, 2.45) is 0 Å². The number of aryl methyl sites for hydroxylation is 2. The first kappa shape index (κ1) is 12.7. The van der Waals surface area contributed by atoms with E-state index in [-0.39, 0.29) is 4.70 Å². The lowest BCUT2D eigenvalue weighted by atomic mass is 10.4. The Labute approximate surface area is 67.1 Å². The molecule has 0 aromatic carbocycles. The van der Waals surface area contributed by atoms with Crippen LogP contribution in [0.2, 0.25) is 0 Å². The molecule has 0 radical (unpaired) electrons. The van der Waals surface area contributed by atoms with Gasteiger partial charge in [-0.1, -0.05) is 13.8 Å². The molecule has 0 unspecified atom stereocenters. The summed E-state index contributed by atoms with van der Waals surface area (Å²) in [6.45, 7) is 7.86. The number of halogens is 1. The van der Waals surface area contributed by atoms with E-state index in [4.69, 9.17) is 0 Å². The van der Waals surface area contributed by atoms with E-state index in [1.807, 2.05) is 27.7 Å². The van der Waals surface area contributed by atoms with Gasteiger partial charge in [-0.05, 0) is 13.8 Å². The number of rotatable bonds is 0. The first-order valence-electron chi connectivity index (χ1n) is 3.54. The number of nitrogens with zero attached hydrogens (tertiary/aromatic N) is 2. The second-order valence-electron chi connectivity index (χ2n) is 1.80. The van der Waals surface area contributed by atoms with Crippen LogP contribution < -0.4 is 0 Å². The standard InChI is InChI=1S/C6H8N2.C2H6.FH/c1-5-3-7-4-6(2)8-5;1-2;/h3-4H,1-2H3;1-2H3;1H. The maximum absolute atomic E-state index is 4.11. The minimum absolute atomic E-state index is 0. The zero-order valence-corrected chi connectivity index (χ0v) is 7.46. The van der Waals surface area contributed by atoms with Crippen LogP contribution in [0.5, 0.6) is 0 Å². The van der Waals surface area contributed by atoms with Gasteiger partial charge in [-0.2, -0.15) is 0 Å². The minimum Gasteiger partial charge on any atom is -0.269 e. The molecule has 1 rings (SSSR count). The summed E-state index contributed by atoms with van der Waals surface area (Å²) in [5.74, 6) is 0. The van der Waals surface area contributed by atoms with E-state index >= 15 is 0 Å². The van der Waals surface area contributed by atoms with Crippen LogP contribution in [0.3, 0.4) is 0 Å². The largest absolute Gasteiger partial charge is 0.269 e. The Kier molecular flexibility index (Phi) is 8.20. The van der Waals surface area contributed by atoms with Crippen molar-refractivity contribution in [3.63, 3.8) is 0 Å². The van der Waals surface area contributed by atoms with Crippen molar-refractivity contribution >= 4 is 0 Å². The van der Waals surface area contributed by atoms with Crippen LogP contribution in [-0.2, 0) is 0 Å². The molecule has 0 N–H and O–H groups in total. The molecule has 0 spiro atoms. The van der Waals surface area contributed by atoms with Crippen LogP contribution >= 0.6 is 0 Å². The summed E-state index contributed by atoms with van der Waals surface area (Å²) >= 11 is 0. The normalized spacial score (nSPS) is 7.27. The van der Waals surface area contributed by atoms with Gasteiger partial charge in [0.25, 0.3) is 0 Å². The lowest BCUT2D eigenvalue weighted by Gasteiger charge is -1.89. The monoisotopic (exact) mass is 158 g/mol. The van der Waals surface area contributed by atoms with Gasteiger partial charge in [0, 0.05) is 12.4 Å². The Morgan fingerprint density at radius 2 is 1.36 bits per heavy atom. The van der Waals surface area contributed by atoms with E-state index < -0.39 is 0 Å². The van der Waals surface area contributed by atoms with Crippen LogP contribution in [0.15, 0.2) is 12.4 Å². The predicted molar refractivity (Wildman–Crippen MR) is 45.4 cm³/mol. The first-order chi connectivity index (χ1) is 4.79. The fourth-order valence-electron chi connectivity index (χ4n) is 0.589. The van der Waals surface area contributed by atoms with Gasteiger partial charge in [0.2, 0.25) is 0 Å². The molecule has 0 saturated carbocycles. The zero-order valence-electron chi connectivity index (χ0n) is 7.46. The second kappa shape index (κ2) is 7.12. The molecule has 0 bridgehead atoms. The van der Waals surface area contributed by atoms with Gasteiger partial charge < -0.3 is 0 Å². The van der Waals surface area contributed by atoms with Gasteiger partial charge >= 0.3 is 0 Å². The van der Waals surface area contributed by atoms with Gasteiger partial charge in [0.15, 0.2) is 0 Å². The summed E-state index contributed by atoms with van der Waals surface area (Å²) in [6.07, 6.45) is 3.49. The summed E-state index contributed by atoms with van der Waals surface area (Å²) in [6, 6.07) is 0. The number of aromatic nitrogens is 2. The van der Waals surface area contributed by atoms with Gasteiger partial charge in [-0.25, -0.2) is 0 Å². The third kappa shape index (κ3) is 5.45. The molecule has 0 aliphatic rings. The summed E-state index contributed by atoms with van der Waals surface area (Å²) < 4.78 is 0. The van der Waals surface area contributed by atoms with Crippen LogP contribution in [0.4, 0.5) is 4.70 Å². The second-order valence-corrected chi connectivity index (χ2v) is 1.80. The van der Waals surface area contributed by atoms with Crippen molar-refractivity contribution in [3.8, 4) is 0 Å². The average Bonchev–Trinajstić information content (AvgIpc) is 1.91. The Balaban J connectivity index is 0. The smallest absolute Gasteiger partial charge is 0.0558 e. The Morgan fingerprint density at radius 1 is 1.00 bits per heavy atom. The van der Waals surface area contributed by atoms with Gasteiger partial charge in [0.05, 0.1) is 11.4 Å². The van der Waals surface area contributed by atoms with E-state index in [0.717, 1.165) is 11.4 Å². The first-order valence-corrected chi connectivity index (χ1v) is 3.54. The highest BCUT2D eigenvalue weighted by Gasteiger charge is 1.83. The van der Waals surface area contributed by atoms with E-state index in [1.165, 1.54) is 0 Å². The molecular weight excluding hydrogens is 143 g/mol. The fraction of sp³-hybridized carbons (Fsp3) is 0.500. The number of hydrogen-bond acceptors (Lipinski definition) is 2. The van der Waals surface area contributed by atoms with Crippen molar-refractivity contribution in [1.82, 2.24) is 9.97 Å². The van der Waals surface area contributed by atoms with Crippen molar-refractivity contribution < 1.29 is 4.70 Å². The number of hydrogen-bond donors (Lipinski definition) is 0. The Bertz CT molecular complexity index is 172. The molecule has 0 aliphatic heterocycles. The molecule has 3 heteroatoms. The van der Waals surface area contributed by atoms with Crippen molar-refractivity contribution in [1.29, 1.82) is 0 Å². The lowest BCUT2D eigenvalue weighted by Crippen LogP contribution is -1.85. The fourth-order valence-corrected chi connectivity index (χ4v) is 0.589. The molecule has 1 aromatic rings. The van der Waals surface area contributed by atoms with Crippen molar-refractivity contribution in [2.45, 2.75) is 27.7 Å². The molecule has 0 fully saturated rings. The molecule has 0 aliphatic carbocycles. The van der Waals surface area contributed by atoms with Crippen LogP contribution in [0.25, 0.3) is 0 Å². The molecular formula is C8H15FN2. The molecule has 0 saturated heterocycles. The van der Waals surface area contributed by atoms with Gasteiger partial charge in [-0.3, -0.25) is 14.7 Å². The predicted octanol–water partition coefficient (Wildman–Crippen LogP) is 2.27. The van der Waals surface area contributed by atoms with Gasteiger partial charge in [-0.15, -0.1) is 0 Å². The quantitative estimate of drug-likeness (QED) is 0.578. The highest BCUT2D eigenvalue weighted by atomic mass is 19.0. The Morgan fingerprint density at radius 3 is 1.55 bits per heavy atom. The Hall–Kier alpha value is -0.990. The minimum atomic E-state index is 0. The summed E-state index contributed by atoms with van der Waals surface area (Å²) in [7, 11) is 0. The topological polar surface area (TPSA) is 25.8 Å². The van der Waals surface area contributed by atoms with Crippen molar-refractivity contribution in [2.75, 3.05) is 0 Å². The summed E-state index contributed by atoms with van der Waals surface area (Å²) in [5.41, 5.74) is 1.95. The molecule has 11 heavy (non-hydrogen) atoms. The average molecular weight is 158 g/mol. The molecule has 1 aromatic heterocycles. The maximum atomic E-state index is 4.11. The lowest BCUT2D eigenvalue weighted by molar-refractivity contribution is 1.05. The SMILES string of the molecule is CC.Cc1cncc(C)n1.F. The highest BCUT2D eigenvalue weighted by Crippen LogP contribution is 1.89. The molecule has 0 amide bonds. The van der Waals surface area contributed by atoms with E-state index in [1.54, 1.807) is 12.4 Å². The summed E-state index contributed by atoms with van der Waals surface area (Å²) in [5, 5.41) is 0. The highest BCUT2D eigenvalue weighted by molar-refractivity contribution is 4.98. The molecule has 0 atom stereocenters. The van der Waals surface area contributed by atoms with Crippen LogP contribution in [0.1, 0.15) is 25.2 Å². The van der Waals surface area contributed by atoms with Gasteiger partial charge in [0.1, 0.15) is 0 Å². The van der Waals surface area contributed by atoms with Crippen LogP contribution in [-0.4, -0.2) is 9.97 Å². The molecule has 2 nitrogen and oxygen atoms in total. The van der Waals surface area contributed by atoms with E-state index in [2.05, 4.69) is 9.97 Å². The van der Waals surface area contributed by atoms with E-state index in [0.29, 0.717) is 0 Å². The summed E-state index contributed by atoms with van der Waals surface area (Å²) in [4.78, 5) is 8.03. The van der Waals surface area contributed by atoms with Crippen molar-refractivity contribution in [3.05, 3.63) is 23.8 Å². The van der Waals surface area contributed by atoms with Crippen LogP contribution in [0, 0.1) is 13.8 Å². The zero-order chi connectivity index (χ0) is 7.98.